The first-order valence-electron chi connectivity index (χ1n) is 7.36. The van der Waals surface area contributed by atoms with E-state index >= 15 is 0 Å². The highest BCUT2D eigenvalue weighted by Crippen LogP contribution is 2.19. The molecule has 1 heterocycles. The van der Waals surface area contributed by atoms with Gasteiger partial charge in [0.05, 0.1) is 19.7 Å². The van der Waals surface area contributed by atoms with Crippen LogP contribution in [0.4, 0.5) is 5.69 Å². The van der Waals surface area contributed by atoms with Crippen LogP contribution in [-0.4, -0.2) is 22.3 Å². The van der Waals surface area contributed by atoms with Gasteiger partial charge < -0.3 is 15.8 Å². The summed E-state index contributed by atoms with van der Waals surface area (Å²) in [5.41, 5.74) is 8.19. The molecular weight excluding hydrogens is 290 g/mol. The Bertz CT molecular complexity index is 739. The Balaban J connectivity index is 1.65. The molecule has 23 heavy (non-hydrogen) atoms. The summed E-state index contributed by atoms with van der Waals surface area (Å²) in [4.78, 5) is 4.46. The molecule has 2 aromatic carbocycles. The normalized spacial score (nSPS) is 11.9. The summed E-state index contributed by atoms with van der Waals surface area (Å²) in [6.07, 6.45) is 0. The quantitative estimate of drug-likeness (QED) is 0.651. The monoisotopic (exact) mass is 309 g/mol. The van der Waals surface area contributed by atoms with Crippen LogP contribution in [-0.2, 0) is 6.54 Å². The van der Waals surface area contributed by atoms with Gasteiger partial charge in [0.15, 0.2) is 5.82 Å². The molecule has 0 fully saturated rings. The van der Waals surface area contributed by atoms with E-state index in [1.807, 2.05) is 54.6 Å². The molecule has 6 nitrogen and oxygen atoms in total. The number of hydrogen-bond donors (Lipinski definition) is 3. The fourth-order valence-electron chi connectivity index (χ4n) is 2.23. The summed E-state index contributed by atoms with van der Waals surface area (Å²) < 4.78 is 5.15. The maximum Gasteiger partial charge on any atom is 0.171 e. The number of H-pyrrole nitrogens is 1. The number of aromatic amines is 1. The number of rotatable bonds is 6. The highest BCUT2D eigenvalue weighted by molar-refractivity contribution is 5.42. The molecule has 6 heteroatoms. The van der Waals surface area contributed by atoms with Crippen LogP contribution in [0.2, 0.25) is 0 Å². The third-order valence-corrected chi connectivity index (χ3v) is 3.54. The number of methoxy groups -OCH3 is 1. The number of benzene rings is 2. The molecule has 3 rings (SSSR count). The van der Waals surface area contributed by atoms with Crippen LogP contribution in [0.5, 0.6) is 5.75 Å². The summed E-state index contributed by atoms with van der Waals surface area (Å²) in [7, 11) is 1.64. The van der Waals surface area contributed by atoms with Crippen molar-refractivity contribution in [1.29, 1.82) is 0 Å². The van der Waals surface area contributed by atoms with Gasteiger partial charge in [0.2, 0.25) is 0 Å². The smallest absolute Gasteiger partial charge is 0.171 e. The standard InChI is InChI=1S/C17H19N5O/c1-23-14-9-7-12(8-10-14)16(18)17-20-15(21-22-17)11-19-13-5-3-2-4-6-13/h2-10,16,19H,11,18H2,1H3,(H,20,21,22)/t16-/m0/s1. The Labute approximate surface area is 134 Å². The van der Waals surface area contributed by atoms with E-state index in [9.17, 15) is 0 Å². The van der Waals surface area contributed by atoms with Crippen LogP contribution in [0.25, 0.3) is 0 Å². The average molecular weight is 309 g/mol. The minimum Gasteiger partial charge on any atom is -0.497 e. The van der Waals surface area contributed by atoms with Crippen molar-refractivity contribution in [2.45, 2.75) is 12.6 Å². The average Bonchev–Trinajstić information content (AvgIpc) is 3.09. The fourth-order valence-corrected chi connectivity index (χ4v) is 2.23. The number of hydrogen-bond acceptors (Lipinski definition) is 5. The van der Waals surface area contributed by atoms with E-state index in [2.05, 4.69) is 20.5 Å². The second-order valence-electron chi connectivity index (χ2n) is 5.11. The Morgan fingerprint density at radius 3 is 2.57 bits per heavy atom. The molecule has 0 bridgehead atoms. The molecule has 0 saturated heterocycles. The van der Waals surface area contributed by atoms with Gasteiger partial charge in [0, 0.05) is 5.69 Å². The zero-order chi connectivity index (χ0) is 16.1. The van der Waals surface area contributed by atoms with E-state index in [1.165, 1.54) is 0 Å². The molecule has 0 saturated carbocycles. The molecule has 0 aliphatic rings. The molecule has 1 aromatic heterocycles. The van der Waals surface area contributed by atoms with Gasteiger partial charge in [-0.2, -0.15) is 5.10 Å². The van der Waals surface area contributed by atoms with E-state index in [0.717, 1.165) is 22.8 Å². The van der Waals surface area contributed by atoms with E-state index < -0.39 is 0 Å². The SMILES string of the molecule is COc1ccc([C@H](N)c2n[nH]c(CNc3ccccc3)n2)cc1. The zero-order valence-electron chi connectivity index (χ0n) is 12.9. The molecule has 118 valence electrons. The van der Waals surface area contributed by atoms with Gasteiger partial charge in [-0.15, -0.1) is 0 Å². The van der Waals surface area contributed by atoms with Gasteiger partial charge in [0.1, 0.15) is 11.6 Å². The molecular formula is C17H19N5O. The van der Waals surface area contributed by atoms with Crippen molar-refractivity contribution in [3.63, 3.8) is 0 Å². The lowest BCUT2D eigenvalue weighted by molar-refractivity contribution is 0.414. The van der Waals surface area contributed by atoms with Crippen molar-refractivity contribution in [3.8, 4) is 5.75 Å². The first-order chi connectivity index (χ1) is 11.3. The Morgan fingerprint density at radius 1 is 1.13 bits per heavy atom. The maximum atomic E-state index is 6.22. The van der Waals surface area contributed by atoms with E-state index in [4.69, 9.17) is 10.5 Å². The van der Waals surface area contributed by atoms with Gasteiger partial charge >= 0.3 is 0 Å². The van der Waals surface area contributed by atoms with Gasteiger partial charge in [0.25, 0.3) is 0 Å². The number of anilines is 1. The first-order valence-corrected chi connectivity index (χ1v) is 7.36. The lowest BCUT2D eigenvalue weighted by atomic mass is 10.1. The topological polar surface area (TPSA) is 88.8 Å². The summed E-state index contributed by atoms with van der Waals surface area (Å²) in [6, 6.07) is 17.2. The number of nitrogens with two attached hydrogens (primary N) is 1. The van der Waals surface area contributed by atoms with E-state index in [0.29, 0.717) is 12.4 Å². The Morgan fingerprint density at radius 2 is 1.87 bits per heavy atom. The van der Waals surface area contributed by atoms with Crippen LogP contribution in [0, 0.1) is 0 Å². The lowest BCUT2D eigenvalue weighted by Crippen LogP contribution is -2.13. The molecule has 0 radical (unpaired) electrons. The third-order valence-electron chi connectivity index (χ3n) is 3.54. The lowest BCUT2D eigenvalue weighted by Gasteiger charge is -2.08. The van der Waals surface area contributed by atoms with Crippen LogP contribution >= 0.6 is 0 Å². The molecule has 0 amide bonds. The number of aromatic nitrogens is 3. The minimum absolute atomic E-state index is 0.373. The second kappa shape index (κ2) is 6.93. The number of nitrogens with zero attached hydrogens (tertiary/aromatic N) is 2. The van der Waals surface area contributed by atoms with Gasteiger partial charge in [-0.25, -0.2) is 4.98 Å². The highest BCUT2D eigenvalue weighted by Gasteiger charge is 2.14. The summed E-state index contributed by atoms with van der Waals surface area (Å²) in [6.45, 7) is 0.562. The largest absolute Gasteiger partial charge is 0.497 e. The van der Waals surface area contributed by atoms with E-state index in [1.54, 1.807) is 7.11 Å². The van der Waals surface area contributed by atoms with Gasteiger partial charge in [-0.3, -0.25) is 5.10 Å². The van der Waals surface area contributed by atoms with Crippen molar-refractivity contribution in [2.75, 3.05) is 12.4 Å². The molecule has 0 spiro atoms. The Hall–Kier alpha value is -2.86. The molecule has 0 unspecified atom stereocenters. The van der Waals surface area contributed by atoms with Crippen molar-refractivity contribution < 1.29 is 4.74 Å². The maximum absolute atomic E-state index is 6.22. The van der Waals surface area contributed by atoms with E-state index in [-0.39, 0.29) is 6.04 Å². The number of nitrogens with one attached hydrogen (secondary N) is 2. The number of ether oxygens (including phenoxy) is 1. The minimum atomic E-state index is -0.373. The summed E-state index contributed by atoms with van der Waals surface area (Å²) >= 11 is 0. The first kappa shape index (κ1) is 15.1. The Kier molecular flexibility index (Phi) is 4.54. The van der Waals surface area contributed by atoms with Crippen LogP contribution in [0.3, 0.4) is 0 Å². The van der Waals surface area contributed by atoms with Crippen molar-refractivity contribution in [3.05, 3.63) is 71.8 Å². The second-order valence-corrected chi connectivity index (χ2v) is 5.11. The summed E-state index contributed by atoms with van der Waals surface area (Å²) in [5, 5.41) is 10.4. The molecule has 4 N–H and O–H groups in total. The van der Waals surface area contributed by atoms with Gasteiger partial charge in [-0.05, 0) is 29.8 Å². The molecule has 0 aliphatic heterocycles. The van der Waals surface area contributed by atoms with Crippen LogP contribution < -0.4 is 15.8 Å². The van der Waals surface area contributed by atoms with Crippen molar-refractivity contribution in [2.24, 2.45) is 5.73 Å². The highest BCUT2D eigenvalue weighted by atomic mass is 16.5. The van der Waals surface area contributed by atoms with Crippen molar-refractivity contribution in [1.82, 2.24) is 15.2 Å². The molecule has 3 aromatic rings. The van der Waals surface area contributed by atoms with Gasteiger partial charge in [-0.1, -0.05) is 30.3 Å². The molecule has 1 atom stereocenters. The predicted octanol–water partition coefficient (Wildman–Crippen LogP) is 2.47. The van der Waals surface area contributed by atoms with Crippen LogP contribution in [0.1, 0.15) is 23.3 Å². The summed E-state index contributed by atoms with van der Waals surface area (Å²) in [5.74, 6) is 2.11. The van der Waals surface area contributed by atoms with Crippen LogP contribution in [0.15, 0.2) is 54.6 Å². The molecule has 0 aliphatic carbocycles. The van der Waals surface area contributed by atoms with Crippen molar-refractivity contribution >= 4 is 5.69 Å². The third kappa shape index (κ3) is 3.67. The fraction of sp³-hybridized carbons (Fsp3) is 0.176. The zero-order valence-corrected chi connectivity index (χ0v) is 12.9. The number of para-hydroxylation sites is 1. The predicted molar refractivity (Wildman–Crippen MR) is 89.2 cm³/mol.